The van der Waals surface area contributed by atoms with Crippen LogP contribution in [-0.4, -0.2) is 70.0 Å². The number of phosphoric ester groups is 1. The van der Waals surface area contributed by atoms with Crippen molar-refractivity contribution in [1.82, 2.24) is 0 Å². The number of likely N-dealkylation sites (N-methyl/N-ethyl adjacent to an activating group) is 1. The third kappa shape index (κ3) is 40.8. The molecule has 0 aromatic rings. The maximum Gasteiger partial charge on any atom is 0.306 e. The molecule has 2 atom stereocenters. The Labute approximate surface area is 341 Å². The molecular formula is C46H78NO8P. The molecule has 0 aromatic heterocycles. The van der Waals surface area contributed by atoms with Crippen molar-refractivity contribution < 1.29 is 42.1 Å². The average molecular weight is 804 g/mol. The molecule has 0 radical (unpaired) electrons. The normalized spacial score (nSPS) is 14.5. The first-order valence-corrected chi connectivity index (χ1v) is 22.8. The van der Waals surface area contributed by atoms with Gasteiger partial charge < -0.3 is 27.9 Å². The van der Waals surface area contributed by atoms with Crippen molar-refractivity contribution in [2.24, 2.45) is 0 Å². The predicted octanol–water partition coefficient (Wildman–Crippen LogP) is 11.4. The van der Waals surface area contributed by atoms with Crippen LogP contribution in [0.5, 0.6) is 0 Å². The van der Waals surface area contributed by atoms with Crippen LogP contribution >= 0.6 is 7.82 Å². The van der Waals surface area contributed by atoms with E-state index in [1.165, 1.54) is 0 Å². The summed E-state index contributed by atoms with van der Waals surface area (Å²) in [4.78, 5) is 37.5. The highest BCUT2D eigenvalue weighted by Gasteiger charge is 2.21. The fourth-order valence-corrected chi connectivity index (χ4v) is 5.86. The molecule has 0 aliphatic heterocycles. The second-order valence-corrected chi connectivity index (χ2v) is 16.4. The van der Waals surface area contributed by atoms with Crippen LogP contribution in [0.25, 0.3) is 0 Å². The molecule has 0 aromatic carbocycles. The summed E-state index contributed by atoms with van der Waals surface area (Å²) in [6.07, 6.45) is 47.5. The van der Waals surface area contributed by atoms with Crippen molar-refractivity contribution >= 4 is 19.8 Å². The van der Waals surface area contributed by atoms with Crippen LogP contribution in [0.1, 0.15) is 142 Å². The lowest BCUT2D eigenvalue weighted by molar-refractivity contribution is -0.870. The van der Waals surface area contributed by atoms with E-state index in [1.54, 1.807) is 0 Å². The second kappa shape index (κ2) is 37.7. The molecule has 0 fully saturated rings. The van der Waals surface area contributed by atoms with Crippen LogP contribution in [0, 0.1) is 0 Å². The molecule has 320 valence electrons. The van der Waals surface area contributed by atoms with E-state index < -0.39 is 32.5 Å². The standard InChI is InChI=1S/C46H78NO8P/c1-6-8-10-12-14-16-18-20-21-22-23-24-25-27-29-31-33-35-37-39-46(49)55-44(43-54-56(50,51)53-41-40-47(3,4)5)42-52-45(48)38-36-34-32-30-28-26-19-17-15-13-11-9-7-2/h8-11,14-17,20-21,23-24,26,28,44H,6-7,12-13,18-19,22,25,27,29-43H2,1-5H3/b10-8-,11-9-,16-14-,17-15-,21-20-,24-23-,28-26-. The van der Waals surface area contributed by atoms with E-state index >= 15 is 0 Å². The number of nitrogens with zero attached hydrogens (tertiary/aromatic N) is 1. The van der Waals surface area contributed by atoms with E-state index in [0.717, 1.165) is 103 Å². The number of hydrogen-bond donors (Lipinski definition) is 0. The fourth-order valence-electron chi connectivity index (χ4n) is 5.13. The summed E-state index contributed by atoms with van der Waals surface area (Å²) in [6, 6.07) is 0. The molecule has 56 heavy (non-hydrogen) atoms. The Morgan fingerprint density at radius 2 is 0.964 bits per heavy atom. The number of rotatable bonds is 37. The Morgan fingerprint density at radius 1 is 0.554 bits per heavy atom. The molecule has 2 unspecified atom stereocenters. The van der Waals surface area contributed by atoms with Gasteiger partial charge in [0.1, 0.15) is 19.8 Å². The Bertz CT molecular complexity index is 1230. The summed E-state index contributed by atoms with van der Waals surface area (Å²) >= 11 is 0. The molecule has 0 amide bonds. The van der Waals surface area contributed by atoms with Gasteiger partial charge in [0.05, 0.1) is 27.7 Å². The Balaban J connectivity index is 4.45. The molecule has 0 rings (SSSR count). The first kappa shape index (κ1) is 53.2. The Hall–Kier alpha value is -2.81. The van der Waals surface area contributed by atoms with Gasteiger partial charge in [-0.1, -0.05) is 131 Å². The number of allylic oxidation sites excluding steroid dienone is 14. The minimum Gasteiger partial charge on any atom is -0.756 e. The number of carbonyl (C=O) groups excluding carboxylic acids is 2. The molecule has 0 aliphatic rings. The summed E-state index contributed by atoms with van der Waals surface area (Å²) in [5.74, 6) is -0.895. The van der Waals surface area contributed by atoms with Crippen molar-refractivity contribution in [3.63, 3.8) is 0 Å². The van der Waals surface area contributed by atoms with Crippen molar-refractivity contribution in [3.8, 4) is 0 Å². The molecular weight excluding hydrogens is 725 g/mol. The van der Waals surface area contributed by atoms with Gasteiger partial charge in [-0.05, 0) is 83.5 Å². The number of esters is 2. The van der Waals surface area contributed by atoms with Crippen LogP contribution in [0.4, 0.5) is 0 Å². The monoisotopic (exact) mass is 804 g/mol. The van der Waals surface area contributed by atoms with Gasteiger partial charge in [-0.25, -0.2) is 0 Å². The van der Waals surface area contributed by atoms with Gasteiger partial charge in [0, 0.05) is 12.8 Å². The van der Waals surface area contributed by atoms with Gasteiger partial charge in [-0.3, -0.25) is 14.2 Å². The molecule has 0 aliphatic carbocycles. The maximum absolute atomic E-state index is 12.7. The molecule has 0 saturated carbocycles. The van der Waals surface area contributed by atoms with E-state index in [4.69, 9.17) is 18.5 Å². The molecule has 0 N–H and O–H groups in total. The zero-order valence-electron chi connectivity index (χ0n) is 35.8. The largest absolute Gasteiger partial charge is 0.756 e. The number of quaternary nitrogens is 1. The summed E-state index contributed by atoms with van der Waals surface area (Å²) in [6.45, 7) is 3.92. The summed E-state index contributed by atoms with van der Waals surface area (Å²) in [5, 5.41) is 0. The van der Waals surface area contributed by atoms with Gasteiger partial charge in [-0.15, -0.1) is 0 Å². The van der Waals surface area contributed by atoms with E-state index in [2.05, 4.69) is 98.9 Å². The quantitative estimate of drug-likeness (QED) is 0.0201. The third-order valence-corrected chi connectivity index (χ3v) is 9.37. The maximum atomic E-state index is 12.7. The molecule has 0 saturated heterocycles. The Morgan fingerprint density at radius 3 is 1.45 bits per heavy atom. The van der Waals surface area contributed by atoms with E-state index in [0.29, 0.717) is 23.9 Å². The predicted molar refractivity (Wildman–Crippen MR) is 231 cm³/mol. The summed E-state index contributed by atoms with van der Waals surface area (Å²) < 4.78 is 33.8. The number of carbonyl (C=O) groups is 2. The zero-order chi connectivity index (χ0) is 41.4. The molecule has 9 nitrogen and oxygen atoms in total. The first-order valence-electron chi connectivity index (χ1n) is 21.3. The highest BCUT2D eigenvalue weighted by molar-refractivity contribution is 7.45. The lowest BCUT2D eigenvalue weighted by Crippen LogP contribution is -2.37. The van der Waals surface area contributed by atoms with Crippen LogP contribution in [0.3, 0.4) is 0 Å². The van der Waals surface area contributed by atoms with Crippen LogP contribution < -0.4 is 4.89 Å². The van der Waals surface area contributed by atoms with Crippen molar-refractivity contribution in [1.29, 1.82) is 0 Å². The average Bonchev–Trinajstić information content (AvgIpc) is 3.15. The number of unbranched alkanes of at least 4 members (excludes halogenated alkanes) is 9. The van der Waals surface area contributed by atoms with Crippen LogP contribution in [0.2, 0.25) is 0 Å². The minimum atomic E-state index is -4.64. The van der Waals surface area contributed by atoms with Crippen LogP contribution in [-0.2, 0) is 32.7 Å². The molecule has 0 bridgehead atoms. The van der Waals surface area contributed by atoms with Gasteiger partial charge in [0.15, 0.2) is 6.10 Å². The topological polar surface area (TPSA) is 111 Å². The Kier molecular flexibility index (Phi) is 35.9. The summed E-state index contributed by atoms with van der Waals surface area (Å²) in [5.41, 5.74) is 0. The van der Waals surface area contributed by atoms with Crippen molar-refractivity contribution in [2.75, 3.05) is 47.5 Å². The van der Waals surface area contributed by atoms with Crippen LogP contribution in [0.15, 0.2) is 85.1 Å². The van der Waals surface area contributed by atoms with Crippen molar-refractivity contribution in [2.45, 2.75) is 148 Å². The molecule has 0 heterocycles. The highest BCUT2D eigenvalue weighted by atomic mass is 31.2. The van der Waals surface area contributed by atoms with Gasteiger partial charge in [0.25, 0.3) is 7.82 Å². The van der Waals surface area contributed by atoms with Crippen molar-refractivity contribution in [3.05, 3.63) is 85.1 Å². The number of hydrogen-bond acceptors (Lipinski definition) is 8. The molecule has 0 spiro atoms. The van der Waals surface area contributed by atoms with Gasteiger partial charge >= 0.3 is 11.9 Å². The second-order valence-electron chi connectivity index (χ2n) is 14.9. The number of ether oxygens (including phenoxy) is 2. The SMILES string of the molecule is CC/C=C\C/C=C\C/C=C\C/C=C\CCCCCCCCC(=O)OC(COC(=O)CCCCC/C=C\C/C=C\C/C=C\CC)COP(=O)([O-])OCC[N+](C)(C)C. The smallest absolute Gasteiger partial charge is 0.306 e. The van der Waals surface area contributed by atoms with E-state index in [-0.39, 0.29) is 26.1 Å². The highest BCUT2D eigenvalue weighted by Crippen LogP contribution is 2.38. The van der Waals surface area contributed by atoms with E-state index in [9.17, 15) is 19.0 Å². The third-order valence-electron chi connectivity index (χ3n) is 8.41. The van der Waals surface area contributed by atoms with Gasteiger partial charge in [0.2, 0.25) is 0 Å². The zero-order valence-corrected chi connectivity index (χ0v) is 36.7. The molecule has 10 heteroatoms. The lowest BCUT2D eigenvalue weighted by atomic mass is 10.1. The van der Waals surface area contributed by atoms with E-state index in [1.807, 2.05) is 21.1 Å². The first-order chi connectivity index (χ1) is 27.0. The minimum absolute atomic E-state index is 0.0437. The summed E-state index contributed by atoms with van der Waals surface area (Å²) in [7, 11) is 1.12. The lowest BCUT2D eigenvalue weighted by Gasteiger charge is -2.28. The number of phosphoric acid groups is 1. The fraction of sp³-hybridized carbons (Fsp3) is 0.652. The van der Waals surface area contributed by atoms with Gasteiger partial charge in [-0.2, -0.15) is 0 Å².